The van der Waals surface area contributed by atoms with Crippen LogP contribution in [0.3, 0.4) is 0 Å². The van der Waals surface area contributed by atoms with Crippen molar-refractivity contribution in [3.63, 3.8) is 0 Å². The van der Waals surface area contributed by atoms with E-state index in [1.807, 2.05) is 17.5 Å². The lowest BCUT2D eigenvalue weighted by molar-refractivity contribution is 0.0599. The monoisotopic (exact) mass is 345 g/mol. The Labute approximate surface area is 141 Å². The van der Waals surface area contributed by atoms with Gasteiger partial charge >= 0.3 is 5.97 Å². The fraction of sp³-hybridized carbons (Fsp3) is 0.267. The van der Waals surface area contributed by atoms with Gasteiger partial charge in [-0.1, -0.05) is 6.07 Å². The van der Waals surface area contributed by atoms with Crippen LogP contribution in [0.2, 0.25) is 0 Å². The zero-order valence-corrected chi connectivity index (χ0v) is 14.2. The number of thiophene rings is 1. The third kappa shape index (κ3) is 2.85. The minimum Gasteiger partial charge on any atom is -0.465 e. The van der Waals surface area contributed by atoms with Gasteiger partial charge in [0.1, 0.15) is 6.54 Å². The van der Waals surface area contributed by atoms with Crippen LogP contribution in [-0.4, -0.2) is 44.1 Å². The summed E-state index contributed by atoms with van der Waals surface area (Å²) in [4.78, 5) is 29.4. The van der Waals surface area contributed by atoms with E-state index >= 15 is 0 Å². The largest absolute Gasteiger partial charge is 0.465 e. The van der Waals surface area contributed by atoms with Crippen molar-refractivity contribution in [3.8, 4) is 10.7 Å². The van der Waals surface area contributed by atoms with E-state index in [2.05, 4.69) is 20.4 Å². The van der Waals surface area contributed by atoms with E-state index in [4.69, 9.17) is 4.74 Å². The molecule has 0 saturated heterocycles. The molecule has 124 valence electrons. The van der Waals surface area contributed by atoms with Gasteiger partial charge in [0, 0.05) is 5.69 Å². The van der Waals surface area contributed by atoms with Gasteiger partial charge in [-0.3, -0.25) is 4.79 Å². The topological polar surface area (TPSA) is 103 Å². The molecule has 0 amide bonds. The molecule has 0 aromatic carbocycles. The highest BCUT2D eigenvalue weighted by Gasteiger charge is 2.23. The van der Waals surface area contributed by atoms with E-state index in [1.165, 1.54) is 23.2 Å². The molecule has 0 fully saturated rings. The minimum absolute atomic E-state index is 0.0697. The van der Waals surface area contributed by atoms with Crippen molar-refractivity contribution >= 4 is 23.1 Å². The molecule has 0 aliphatic carbocycles. The number of aromatic amines is 1. The van der Waals surface area contributed by atoms with Crippen LogP contribution in [-0.2, 0) is 11.3 Å². The molecular formula is C15H15N5O3S. The van der Waals surface area contributed by atoms with E-state index in [1.54, 1.807) is 13.8 Å². The Bertz CT molecular complexity index is 895. The maximum atomic E-state index is 12.5. The molecule has 0 aliphatic rings. The summed E-state index contributed by atoms with van der Waals surface area (Å²) in [6, 6.07) is 3.78. The first-order valence-corrected chi connectivity index (χ1v) is 8.01. The molecule has 9 heteroatoms. The van der Waals surface area contributed by atoms with Gasteiger partial charge in [-0.2, -0.15) is 4.80 Å². The second kappa shape index (κ2) is 6.36. The van der Waals surface area contributed by atoms with Crippen LogP contribution in [0.15, 0.2) is 17.5 Å². The number of hydrogen-bond donors (Lipinski definition) is 1. The van der Waals surface area contributed by atoms with Gasteiger partial charge in [0.15, 0.2) is 0 Å². The number of nitrogens with zero attached hydrogens (tertiary/aromatic N) is 4. The first kappa shape index (κ1) is 16.1. The molecule has 24 heavy (non-hydrogen) atoms. The Hall–Kier alpha value is -2.81. The van der Waals surface area contributed by atoms with Crippen molar-refractivity contribution in [2.24, 2.45) is 0 Å². The number of tetrazole rings is 1. The normalized spacial score (nSPS) is 10.8. The molecular weight excluding hydrogens is 330 g/mol. The van der Waals surface area contributed by atoms with Crippen molar-refractivity contribution in [3.05, 3.63) is 40.0 Å². The summed E-state index contributed by atoms with van der Waals surface area (Å²) < 4.78 is 4.74. The average Bonchev–Trinajstić information content (AvgIpc) is 3.27. The molecule has 0 unspecified atom stereocenters. The van der Waals surface area contributed by atoms with Gasteiger partial charge in [-0.05, 0) is 36.1 Å². The maximum absolute atomic E-state index is 12.5. The van der Waals surface area contributed by atoms with Crippen LogP contribution in [0.4, 0.5) is 0 Å². The number of aryl methyl sites for hydroxylation is 1. The molecule has 0 radical (unpaired) electrons. The number of carbonyl (C=O) groups is 2. The van der Waals surface area contributed by atoms with E-state index in [0.717, 1.165) is 4.88 Å². The summed E-state index contributed by atoms with van der Waals surface area (Å²) in [6.45, 7) is 3.35. The van der Waals surface area contributed by atoms with Crippen molar-refractivity contribution in [2.45, 2.75) is 20.4 Å². The third-order valence-corrected chi connectivity index (χ3v) is 4.45. The molecule has 3 heterocycles. The molecule has 1 N–H and O–H groups in total. The highest BCUT2D eigenvalue weighted by molar-refractivity contribution is 7.13. The van der Waals surface area contributed by atoms with Gasteiger partial charge in [0.2, 0.25) is 11.6 Å². The number of hydrogen-bond acceptors (Lipinski definition) is 7. The summed E-state index contributed by atoms with van der Waals surface area (Å²) >= 11 is 1.50. The van der Waals surface area contributed by atoms with Crippen LogP contribution in [0, 0.1) is 13.8 Å². The molecule has 0 bridgehead atoms. The van der Waals surface area contributed by atoms with Gasteiger partial charge < -0.3 is 9.72 Å². The van der Waals surface area contributed by atoms with Gasteiger partial charge in [-0.25, -0.2) is 4.79 Å². The Kier molecular flexibility index (Phi) is 4.26. The van der Waals surface area contributed by atoms with Gasteiger partial charge in [0.05, 0.1) is 23.2 Å². The van der Waals surface area contributed by atoms with Crippen molar-refractivity contribution in [2.75, 3.05) is 7.11 Å². The Balaban J connectivity index is 1.82. The molecule has 3 aromatic heterocycles. The Morgan fingerprint density at radius 3 is 2.83 bits per heavy atom. The van der Waals surface area contributed by atoms with Gasteiger partial charge in [-0.15, -0.1) is 21.5 Å². The summed E-state index contributed by atoms with van der Waals surface area (Å²) in [5, 5.41) is 14.0. The second-order valence-electron chi connectivity index (χ2n) is 5.16. The Morgan fingerprint density at radius 2 is 2.17 bits per heavy atom. The Morgan fingerprint density at radius 1 is 1.38 bits per heavy atom. The zero-order valence-electron chi connectivity index (χ0n) is 13.4. The van der Waals surface area contributed by atoms with Crippen LogP contribution in [0.5, 0.6) is 0 Å². The van der Waals surface area contributed by atoms with E-state index in [-0.39, 0.29) is 12.3 Å². The lowest BCUT2D eigenvalue weighted by atomic mass is 10.1. The smallest absolute Gasteiger partial charge is 0.339 e. The van der Waals surface area contributed by atoms with Crippen LogP contribution >= 0.6 is 11.3 Å². The van der Waals surface area contributed by atoms with Crippen LogP contribution in [0.25, 0.3) is 10.7 Å². The van der Waals surface area contributed by atoms with Gasteiger partial charge in [0.25, 0.3) is 0 Å². The van der Waals surface area contributed by atoms with Crippen molar-refractivity contribution in [1.29, 1.82) is 0 Å². The first-order valence-electron chi connectivity index (χ1n) is 7.13. The lowest BCUT2D eigenvalue weighted by Crippen LogP contribution is -2.15. The number of methoxy groups -OCH3 is 1. The molecule has 0 spiro atoms. The predicted octanol–water partition coefficient (Wildman–Crippen LogP) is 2.02. The summed E-state index contributed by atoms with van der Waals surface area (Å²) in [5.74, 6) is -0.229. The molecule has 3 rings (SSSR count). The van der Waals surface area contributed by atoms with Crippen molar-refractivity contribution < 1.29 is 14.3 Å². The summed E-state index contributed by atoms with van der Waals surface area (Å²) in [7, 11) is 1.31. The molecule has 0 atom stereocenters. The fourth-order valence-electron chi connectivity index (χ4n) is 2.46. The number of carbonyl (C=O) groups excluding carboxylic acids is 2. The number of ketones is 1. The lowest BCUT2D eigenvalue weighted by Gasteiger charge is -2.00. The number of Topliss-reactive ketones (excluding diaryl/α,β-unsaturated/α-hetero) is 1. The average molecular weight is 345 g/mol. The first-order chi connectivity index (χ1) is 11.5. The highest BCUT2D eigenvalue weighted by atomic mass is 32.1. The number of aromatic nitrogens is 5. The highest BCUT2D eigenvalue weighted by Crippen LogP contribution is 2.21. The zero-order chi connectivity index (χ0) is 17.3. The SMILES string of the molecule is COC(=O)c1c(C)[nH]c(C(=O)Cn2nnc(-c3cccs3)n2)c1C. The van der Waals surface area contributed by atoms with E-state index < -0.39 is 5.97 Å². The number of nitrogens with one attached hydrogen (secondary N) is 1. The molecule has 0 aliphatic heterocycles. The number of H-pyrrole nitrogens is 1. The molecule has 8 nitrogen and oxygen atoms in total. The minimum atomic E-state index is -0.473. The molecule has 0 saturated carbocycles. The second-order valence-corrected chi connectivity index (χ2v) is 6.11. The molecule has 3 aromatic rings. The standard InChI is InChI=1S/C15H15N5O3S/c1-8-12(15(22)23-3)9(2)16-13(8)10(21)7-20-18-14(17-19-20)11-5-4-6-24-11/h4-6,16H,7H2,1-3H3. The number of rotatable bonds is 5. The third-order valence-electron chi connectivity index (χ3n) is 3.59. The number of ether oxygens (including phenoxy) is 1. The van der Waals surface area contributed by atoms with Crippen LogP contribution < -0.4 is 0 Å². The summed E-state index contributed by atoms with van der Waals surface area (Å²) in [6.07, 6.45) is 0. The number of esters is 1. The quantitative estimate of drug-likeness (QED) is 0.560. The van der Waals surface area contributed by atoms with Crippen LogP contribution in [0.1, 0.15) is 32.1 Å². The van der Waals surface area contributed by atoms with E-state index in [0.29, 0.717) is 28.3 Å². The fourth-order valence-corrected chi connectivity index (χ4v) is 3.11. The summed E-state index contributed by atoms with van der Waals surface area (Å²) in [5.41, 5.74) is 1.88. The predicted molar refractivity (Wildman–Crippen MR) is 87.1 cm³/mol. The van der Waals surface area contributed by atoms with Crippen molar-refractivity contribution in [1.82, 2.24) is 25.2 Å². The van der Waals surface area contributed by atoms with E-state index in [9.17, 15) is 9.59 Å². The maximum Gasteiger partial charge on any atom is 0.339 e.